The zero-order chi connectivity index (χ0) is 18.4. The van der Waals surface area contributed by atoms with Gasteiger partial charge in [-0.05, 0) is 6.08 Å². The van der Waals surface area contributed by atoms with Gasteiger partial charge in [-0.3, -0.25) is 19.1 Å². The maximum atomic E-state index is 12.0. The number of methoxy groups -OCH3 is 1. The zero-order valence-electron chi connectivity index (χ0n) is 13.8. The molecule has 25 heavy (non-hydrogen) atoms. The highest BCUT2D eigenvalue weighted by Crippen LogP contribution is 2.27. The molecule has 10 nitrogen and oxygen atoms in total. The van der Waals surface area contributed by atoms with Gasteiger partial charge in [0.2, 0.25) is 5.91 Å². The number of aliphatic hydroxyl groups excluding tert-OH is 1. The molecule has 0 radical (unpaired) electrons. The topological polar surface area (TPSA) is 149 Å². The van der Waals surface area contributed by atoms with E-state index in [1.807, 2.05) is 0 Å². The monoisotopic (exact) mass is 354 g/mol. The van der Waals surface area contributed by atoms with Crippen molar-refractivity contribution < 1.29 is 19.4 Å². The molecule has 10 heteroatoms. The van der Waals surface area contributed by atoms with E-state index in [0.29, 0.717) is 13.1 Å². The average molecular weight is 354 g/mol. The van der Waals surface area contributed by atoms with E-state index < -0.39 is 35.6 Å². The van der Waals surface area contributed by atoms with E-state index >= 15 is 0 Å². The van der Waals surface area contributed by atoms with E-state index in [9.17, 15) is 19.5 Å². The number of ether oxygens (including phenoxy) is 2. The van der Waals surface area contributed by atoms with E-state index in [2.05, 4.69) is 10.3 Å². The van der Waals surface area contributed by atoms with Gasteiger partial charge in [0, 0.05) is 38.9 Å². The van der Waals surface area contributed by atoms with Gasteiger partial charge in [0.25, 0.3) is 5.56 Å². The highest BCUT2D eigenvalue weighted by atomic mass is 16.6. The largest absolute Gasteiger partial charge is 0.390 e. The highest BCUT2D eigenvalue weighted by molar-refractivity contribution is 5.91. The summed E-state index contributed by atoms with van der Waals surface area (Å²) in [7, 11) is 1.48. The normalized spacial score (nSPS) is 23.2. The summed E-state index contributed by atoms with van der Waals surface area (Å²) in [5.41, 5.74) is 4.10. The van der Waals surface area contributed by atoms with Crippen molar-refractivity contribution in [3.8, 4) is 0 Å². The van der Waals surface area contributed by atoms with Gasteiger partial charge in [-0.25, -0.2) is 4.79 Å². The van der Waals surface area contributed by atoms with Crippen LogP contribution in [0.1, 0.15) is 18.2 Å². The van der Waals surface area contributed by atoms with Crippen molar-refractivity contribution in [1.82, 2.24) is 14.9 Å². The third kappa shape index (κ3) is 4.86. The Kier molecular flexibility index (Phi) is 6.65. The summed E-state index contributed by atoms with van der Waals surface area (Å²) in [4.78, 5) is 37.6. The SMILES string of the molecule is COC[C@H]1O[C@@H](n2cc(/C=C/C(=O)NCCN)c(=O)[nH]c2=O)C[C@@H]1O. The quantitative estimate of drug-likeness (QED) is 0.411. The molecule has 2 rings (SSSR count). The van der Waals surface area contributed by atoms with Crippen LogP contribution in [0, 0.1) is 0 Å². The lowest BCUT2D eigenvalue weighted by Gasteiger charge is -2.15. The minimum absolute atomic E-state index is 0.107. The van der Waals surface area contributed by atoms with Crippen LogP contribution in [0.15, 0.2) is 21.9 Å². The maximum Gasteiger partial charge on any atom is 0.330 e. The highest BCUT2D eigenvalue weighted by Gasteiger charge is 2.35. The lowest BCUT2D eigenvalue weighted by molar-refractivity contribution is -0.116. The second-order valence-corrected chi connectivity index (χ2v) is 5.55. The summed E-state index contributed by atoms with van der Waals surface area (Å²) < 4.78 is 11.7. The van der Waals surface area contributed by atoms with Crippen LogP contribution in [0.25, 0.3) is 6.08 Å². The third-order valence-electron chi connectivity index (χ3n) is 3.70. The van der Waals surface area contributed by atoms with E-state index in [1.54, 1.807) is 0 Å². The molecule has 1 saturated heterocycles. The first-order valence-electron chi connectivity index (χ1n) is 7.80. The number of nitrogens with two attached hydrogens (primary N) is 1. The Labute approximate surface area is 143 Å². The van der Waals surface area contributed by atoms with Crippen LogP contribution in [-0.2, 0) is 14.3 Å². The second kappa shape index (κ2) is 8.72. The number of carbonyl (C=O) groups excluding carboxylic acids is 1. The Hall–Kier alpha value is -2.27. The van der Waals surface area contributed by atoms with Gasteiger partial charge in [0.05, 0.1) is 18.3 Å². The van der Waals surface area contributed by atoms with E-state index in [0.717, 1.165) is 0 Å². The van der Waals surface area contributed by atoms with Crippen LogP contribution in [-0.4, -0.2) is 59.6 Å². The average Bonchev–Trinajstić information content (AvgIpc) is 2.93. The number of aromatic amines is 1. The van der Waals surface area contributed by atoms with Crippen LogP contribution in [0.3, 0.4) is 0 Å². The van der Waals surface area contributed by atoms with Crippen LogP contribution in [0.5, 0.6) is 0 Å². The Balaban J connectivity index is 2.21. The van der Waals surface area contributed by atoms with Crippen molar-refractivity contribution >= 4 is 12.0 Å². The molecular formula is C15H22N4O6. The number of nitrogens with zero attached hydrogens (tertiary/aromatic N) is 1. The van der Waals surface area contributed by atoms with Crippen molar-refractivity contribution in [3.63, 3.8) is 0 Å². The van der Waals surface area contributed by atoms with Gasteiger partial charge in [0.15, 0.2) is 0 Å². The van der Waals surface area contributed by atoms with E-state index in [-0.39, 0.29) is 18.6 Å². The second-order valence-electron chi connectivity index (χ2n) is 5.55. The minimum Gasteiger partial charge on any atom is -0.390 e. The molecule has 0 bridgehead atoms. The molecule has 1 aliphatic rings. The first-order chi connectivity index (χ1) is 12.0. The first-order valence-corrected chi connectivity index (χ1v) is 7.80. The number of rotatable bonds is 7. The van der Waals surface area contributed by atoms with E-state index in [4.69, 9.17) is 15.2 Å². The summed E-state index contributed by atoms with van der Waals surface area (Å²) in [5, 5.41) is 12.5. The summed E-state index contributed by atoms with van der Waals surface area (Å²) in [6.45, 7) is 0.798. The number of carbonyl (C=O) groups is 1. The molecule has 0 spiro atoms. The molecule has 1 aromatic heterocycles. The predicted octanol–water partition coefficient (Wildman–Crippen LogP) is -2.08. The number of hydrogen-bond acceptors (Lipinski definition) is 7. The molecule has 2 heterocycles. The van der Waals surface area contributed by atoms with Gasteiger partial charge in [-0.1, -0.05) is 0 Å². The number of H-pyrrole nitrogens is 1. The van der Waals surface area contributed by atoms with Crippen LogP contribution >= 0.6 is 0 Å². The lowest BCUT2D eigenvalue weighted by atomic mass is 10.2. The minimum atomic E-state index is -0.787. The summed E-state index contributed by atoms with van der Waals surface area (Å²) >= 11 is 0. The smallest absolute Gasteiger partial charge is 0.330 e. The zero-order valence-corrected chi connectivity index (χ0v) is 13.8. The lowest BCUT2D eigenvalue weighted by Crippen LogP contribution is -2.33. The van der Waals surface area contributed by atoms with Gasteiger partial charge in [0.1, 0.15) is 12.3 Å². The van der Waals surface area contributed by atoms with Crippen LogP contribution < -0.4 is 22.3 Å². The molecular weight excluding hydrogens is 332 g/mol. The van der Waals surface area contributed by atoms with E-state index in [1.165, 1.54) is 30.0 Å². The molecule has 0 saturated carbocycles. The molecule has 0 aliphatic carbocycles. The van der Waals surface area contributed by atoms with Gasteiger partial charge in [-0.2, -0.15) is 0 Å². The summed E-state index contributed by atoms with van der Waals surface area (Å²) in [6.07, 6.45) is 1.85. The van der Waals surface area contributed by atoms with Crippen molar-refractivity contribution in [2.45, 2.75) is 24.9 Å². The number of hydrogen-bond donors (Lipinski definition) is 4. The fourth-order valence-electron chi connectivity index (χ4n) is 2.45. The molecule has 1 fully saturated rings. The molecule has 1 aliphatic heterocycles. The third-order valence-corrected chi connectivity index (χ3v) is 3.70. The van der Waals surface area contributed by atoms with Gasteiger partial charge < -0.3 is 25.6 Å². The first kappa shape index (κ1) is 19.1. The van der Waals surface area contributed by atoms with Gasteiger partial charge >= 0.3 is 5.69 Å². The predicted molar refractivity (Wildman–Crippen MR) is 88.8 cm³/mol. The van der Waals surface area contributed by atoms with Crippen molar-refractivity contribution in [2.75, 3.05) is 26.8 Å². The number of aromatic nitrogens is 2. The molecule has 3 atom stereocenters. The van der Waals surface area contributed by atoms with Crippen molar-refractivity contribution in [3.05, 3.63) is 38.7 Å². The van der Waals surface area contributed by atoms with Crippen LogP contribution in [0.2, 0.25) is 0 Å². The molecule has 138 valence electrons. The Morgan fingerprint density at radius 2 is 2.36 bits per heavy atom. The van der Waals surface area contributed by atoms with Crippen molar-refractivity contribution in [1.29, 1.82) is 0 Å². The molecule has 5 N–H and O–H groups in total. The Bertz CT molecular complexity index is 740. The standard InChI is InChI=1S/C15H22N4O6/c1-24-8-11-10(20)6-13(25-11)19-7-9(14(22)18-15(19)23)2-3-12(21)17-5-4-16/h2-3,7,10-11,13,20H,4-6,8,16H2,1H3,(H,17,21)(H,18,22,23)/b3-2+/t10-,11+,13+/m0/s1. The Morgan fingerprint density at radius 3 is 3.04 bits per heavy atom. The van der Waals surface area contributed by atoms with Crippen LogP contribution in [0.4, 0.5) is 0 Å². The molecule has 0 unspecified atom stereocenters. The fraction of sp³-hybridized carbons (Fsp3) is 0.533. The molecule has 1 amide bonds. The fourth-order valence-corrected chi connectivity index (χ4v) is 2.45. The number of amides is 1. The maximum absolute atomic E-state index is 12.0. The summed E-state index contributed by atoms with van der Waals surface area (Å²) in [5.74, 6) is -0.407. The molecule has 0 aromatic carbocycles. The number of nitrogens with one attached hydrogen (secondary N) is 2. The van der Waals surface area contributed by atoms with Gasteiger partial charge in [-0.15, -0.1) is 0 Å². The number of aliphatic hydroxyl groups is 1. The summed E-state index contributed by atoms with van der Waals surface area (Å²) in [6, 6.07) is 0. The van der Waals surface area contributed by atoms with Crippen molar-refractivity contribution in [2.24, 2.45) is 5.73 Å². The molecule has 1 aromatic rings. The Morgan fingerprint density at radius 1 is 1.60 bits per heavy atom.